The number of amides is 2. The molecule has 27 heavy (non-hydrogen) atoms. The van der Waals surface area contributed by atoms with Gasteiger partial charge in [-0.15, -0.1) is 0 Å². The van der Waals surface area contributed by atoms with Crippen LogP contribution in [0, 0.1) is 5.82 Å². The lowest BCUT2D eigenvalue weighted by Gasteiger charge is -2.44. The Morgan fingerprint density at radius 3 is 2.59 bits per heavy atom. The highest BCUT2D eigenvalue weighted by Gasteiger charge is 2.36. The molecule has 1 heterocycles. The van der Waals surface area contributed by atoms with E-state index in [0.717, 1.165) is 37.7 Å². The Labute approximate surface area is 159 Å². The summed E-state index contributed by atoms with van der Waals surface area (Å²) in [5.74, 6) is -1.09. The quantitative estimate of drug-likeness (QED) is 0.799. The molecule has 0 aromatic heterocycles. The Morgan fingerprint density at radius 2 is 1.96 bits per heavy atom. The molecule has 148 valence electrons. The molecule has 2 aliphatic rings. The fourth-order valence-electron chi connectivity index (χ4n) is 4.14. The van der Waals surface area contributed by atoms with E-state index < -0.39 is 5.97 Å². The van der Waals surface area contributed by atoms with E-state index in [-0.39, 0.29) is 36.5 Å². The van der Waals surface area contributed by atoms with Gasteiger partial charge >= 0.3 is 12.0 Å². The summed E-state index contributed by atoms with van der Waals surface area (Å²) in [5, 5.41) is 12.1. The average molecular weight is 377 g/mol. The number of hydrogen-bond acceptors (Lipinski definition) is 3. The number of nitrogens with one attached hydrogen (secondary N) is 1. The zero-order valence-corrected chi connectivity index (χ0v) is 15.7. The molecule has 2 amide bonds. The monoisotopic (exact) mass is 377 g/mol. The molecule has 1 aliphatic heterocycles. The van der Waals surface area contributed by atoms with E-state index in [9.17, 15) is 14.0 Å². The SMILES string of the molecule is CCN(CC(=O)O)C1CC(NC(=O)N2CCCCC2c2ccc(F)cc2)C1. The molecule has 2 N–H and O–H groups in total. The maximum Gasteiger partial charge on any atom is 0.318 e. The van der Waals surface area contributed by atoms with E-state index in [1.54, 1.807) is 12.1 Å². The van der Waals surface area contributed by atoms with Gasteiger partial charge in [0.15, 0.2) is 0 Å². The minimum absolute atomic E-state index is 0.0191. The standard InChI is InChI=1S/C20H28FN3O3/c1-2-23(13-19(25)26)17-11-16(12-17)22-20(27)24-10-4-3-5-18(24)14-6-8-15(21)9-7-14/h6-9,16-18H,2-5,10-13H2,1H3,(H,22,27)(H,25,26). The van der Waals surface area contributed by atoms with Crippen LogP contribution in [-0.2, 0) is 4.79 Å². The van der Waals surface area contributed by atoms with Crippen molar-refractivity contribution in [2.75, 3.05) is 19.6 Å². The molecule has 1 aromatic carbocycles. The molecule has 0 spiro atoms. The number of carboxylic acid groups (broad SMARTS) is 1. The highest BCUT2D eigenvalue weighted by molar-refractivity contribution is 5.75. The summed E-state index contributed by atoms with van der Waals surface area (Å²) in [4.78, 5) is 27.5. The van der Waals surface area contributed by atoms with Gasteiger partial charge in [0.2, 0.25) is 0 Å². The van der Waals surface area contributed by atoms with Crippen LogP contribution in [-0.4, -0.2) is 58.6 Å². The van der Waals surface area contributed by atoms with Gasteiger partial charge < -0.3 is 15.3 Å². The number of aliphatic carboxylic acids is 1. The first-order valence-electron chi connectivity index (χ1n) is 9.76. The van der Waals surface area contributed by atoms with Gasteiger partial charge in [0.25, 0.3) is 0 Å². The first-order chi connectivity index (χ1) is 13.0. The van der Waals surface area contributed by atoms with Gasteiger partial charge in [0, 0.05) is 18.6 Å². The van der Waals surface area contributed by atoms with Crippen molar-refractivity contribution in [1.29, 1.82) is 0 Å². The van der Waals surface area contributed by atoms with Gasteiger partial charge in [-0.3, -0.25) is 9.69 Å². The summed E-state index contributed by atoms with van der Waals surface area (Å²) < 4.78 is 13.2. The number of urea groups is 1. The molecule has 1 saturated heterocycles. The number of benzene rings is 1. The van der Waals surface area contributed by atoms with Gasteiger partial charge in [-0.2, -0.15) is 0 Å². The van der Waals surface area contributed by atoms with Crippen LogP contribution in [0.3, 0.4) is 0 Å². The molecule has 1 atom stereocenters. The number of piperidine rings is 1. The third-order valence-electron chi connectivity index (χ3n) is 5.72. The van der Waals surface area contributed by atoms with Crippen LogP contribution in [0.2, 0.25) is 0 Å². The van der Waals surface area contributed by atoms with Crippen LogP contribution in [0.15, 0.2) is 24.3 Å². The predicted octanol–water partition coefficient (Wildman–Crippen LogP) is 3.00. The highest BCUT2D eigenvalue weighted by Crippen LogP contribution is 2.32. The lowest BCUT2D eigenvalue weighted by molar-refractivity contribution is -0.139. The number of rotatable bonds is 6. The Hall–Kier alpha value is -2.15. The highest BCUT2D eigenvalue weighted by atomic mass is 19.1. The number of likely N-dealkylation sites (tertiary alicyclic amines) is 1. The van der Waals surface area contributed by atoms with Gasteiger partial charge in [0.1, 0.15) is 5.82 Å². The van der Waals surface area contributed by atoms with Gasteiger partial charge in [-0.25, -0.2) is 9.18 Å². The summed E-state index contributed by atoms with van der Waals surface area (Å²) in [7, 11) is 0. The molecule has 7 heteroatoms. The molecule has 1 aliphatic carbocycles. The summed E-state index contributed by atoms with van der Waals surface area (Å²) >= 11 is 0. The topological polar surface area (TPSA) is 72.9 Å². The number of hydrogen-bond donors (Lipinski definition) is 2. The van der Waals surface area contributed by atoms with Crippen molar-refractivity contribution >= 4 is 12.0 Å². The molecule has 0 radical (unpaired) electrons. The number of carboxylic acids is 1. The van der Waals surface area contributed by atoms with Crippen molar-refractivity contribution in [2.45, 2.75) is 57.2 Å². The first kappa shape index (κ1) is 19.6. The molecule has 2 fully saturated rings. The van der Waals surface area contributed by atoms with E-state index in [1.807, 2.05) is 16.7 Å². The lowest BCUT2D eigenvalue weighted by atomic mass is 9.85. The minimum atomic E-state index is -0.820. The Bertz CT molecular complexity index is 661. The summed E-state index contributed by atoms with van der Waals surface area (Å²) in [6.07, 6.45) is 4.47. The maximum atomic E-state index is 13.2. The van der Waals surface area contributed by atoms with Crippen LogP contribution < -0.4 is 5.32 Å². The third-order valence-corrected chi connectivity index (χ3v) is 5.72. The number of halogens is 1. The van der Waals surface area contributed by atoms with E-state index in [2.05, 4.69) is 5.32 Å². The Balaban J connectivity index is 1.55. The molecule has 0 bridgehead atoms. The summed E-state index contributed by atoms with van der Waals surface area (Å²) in [6.45, 7) is 3.39. The second-order valence-electron chi connectivity index (χ2n) is 7.49. The number of carbonyl (C=O) groups excluding carboxylic acids is 1. The second kappa shape index (κ2) is 8.69. The fourth-order valence-corrected chi connectivity index (χ4v) is 4.14. The summed E-state index contributed by atoms with van der Waals surface area (Å²) in [6, 6.07) is 6.61. The molecule has 1 saturated carbocycles. The van der Waals surface area contributed by atoms with Crippen LogP contribution in [0.1, 0.15) is 50.6 Å². The van der Waals surface area contributed by atoms with Crippen LogP contribution in [0.25, 0.3) is 0 Å². The van der Waals surface area contributed by atoms with E-state index >= 15 is 0 Å². The smallest absolute Gasteiger partial charge is 0.318 e. The fraction of sp³-hybridized carbons (Fsp3) is 0.600. The molecule has 3 rings (SSSR count). The zero-order chi connectivity index (χ0) is 19.4. The number of carbonyl (C=O) groups is 2. The van der Waals surface area contributed by atoms with Crippen molar-refractivity contribution in [3.05, 3.63) is 35.6 Å². The number of likely N-dealkylation sites (N-methyl/N-ethyl adjacent to an activating group) is 1. The van der Waals surface area contributed by atoms with E-state index in [1.165, 1.54) is 12.1 Å². The zero-order valence-electron chi connectivity index (χ0n) is 15.7. The van der Waals surface area contributed by atoms with Crippen LogP contribution in [0.5, 0.6) is 0 Å². The molecule has 1 unspecified atom stereocenters. The molecular formula is C20H28FN3O3. The van der Waals surface area contributed by atoms with E-state index in [4.69, 9.17) is 5.11 Å². The van der Waals surface area contributed by atoms with Crippen molar-refractivity contribution in [2.24, 2.45) is 0 Å². The first-order valence-corrected chi connectivity index (χ1v) is 9.76. The lowest BCUT2D eigenvalue weighted by Crippen LogP contribution is -2.57. The summed E-state index contributed by atoms with van der Waals surface area (Å²) in [5.41, 5.74) is 0.969. The largest absolute Gasteiger partial charge is 0.480 e. The van der Waals surface area contributed by atoms with E-state index in [0.29, 0.717) is 13.1 Å². The van der Waals surface area contributed by atoms with Crippen LogP contribution in [0.4, 0.5) is 9.18 Å². The van der Waals surface area contributed by atoms with Crippen molar-refractivity contribution in [3.63, 3.8) is 0 Å². The van der Waals surface area contributed by atoms with Gasteiger partial charge in [-0.05, 0) is 56.3 Å². The Kier molecular flexibility index (Phi) is 6.31. The van der Waals surface area contributed by atoms with Crippen LogP contribution >= 0.6 is 0 Å². The van der Waals surface area contributed by atoms with Crippen molar-refractivity contribution < 1.29 is 19.1 Å². The molecule has 6 nitrogen and oxygen atoms in total. The Morgan fingerprint density at radius 1 is 1.26 bits per heavy atom. The third kappa shape index (κ3) is 4.77. The molecule has 1 aromatic rings. The molecular weight excluding hydrogens is 349 g/mol. The average Bonchev–Trinajstić information content (AvgIpc) is 2.63. The van der Waals surface area contributed by atoms with Gasteiger partial charge in [0.05, 0.1) is 12.6 Å². The van der Waals surface area contributed by atoms with Crippen molar-refractivity contribution in [1.82, 2.24) is 15.1 Å². The van der Waals surface area contributed by atoms with Crippen molar-refractivity contribution in [3.8, 4) is 0 Å². The predicted molar refractivity (Wildman–Crippen MR) is 99.9 cm³/mol. The number of nitrogens with zero attached hydrogens (tertiary/aromatic N) is 2. The maximum absolute atomic E-state index is 13.2. The minimum Gasteiger partial charge on any atom is -0.480 e. The second-order valence-corrected chi connectivity index (χ2v) is 7.49. The normalized spacial score (nSPS) is 25.1. The van der Waals surface area contributed by atoms with Gasteiger partial charge in [-0.1, -0.05) is 19.1 Å².